The molecule has 1 N–H and O–H groups in total. The van der Waals surface area contributed by atoms with E-state index in [0.717, 1.165) is 18.5 Å². The Morgan fingerprint density at radius 3 is 2.43 bits per heavy atom. The maximum atomic E-state index is 12.4. The number of hydrogen-bond acceptors (Lipinski definition) is 2. The lowest BCUT2D eigenvalue weighted by molar-refractivity contribution is 0.158. The van der Waals surface area contributed by atoms with Gasteiger partial charge in [-0.05, 0) is 58.4 Å². The fraction of sp³-hybridized carbons (Fsp3) is 0.160. The van der Waals surface area contributed by atoms with E-state index in [9.17, 15) is 4.79 Å². The van der Waals surface area contributed by atoms with Crippen molar-refractivity contribution in [1.29, 1.82) is 0 Å². The van der Waals surface area contributed by atoms with Crippen molar-refractivity contribution < 1.29 is 9.53 Å². The number of carbonyl (C=O) groups is 1. The Kier molecular flexibility index (Phi) is 4.21. The average molecular weight is 367 g/mol. The van der Waals surface area contributed by atoms with Gasteiger partial charge in [-0.25, -0.2) is 4.79 Å². The molecule has 3 nitrogen and oxygen atoms in total. The summed E-state index contributed by atoms with van der Waals surface area (Å²) >= 11 is 0. The third-order valence-corrected chi connectivity index (χ3v) is 5.61. The summed E-state index contributed by atoms with van der Waals surface area (Å²) in [5, 5.41) is 2.88. The van der Waals surface area contributed by atoms with Crippen molar-refractivity contribution in [1.82, 2.24) is 0 Å². The number of aryl methyl sites for hydroxylation is 1. The highest BCUT2D eigenvalue weighted by molar-refractivity contribution is 5.85. The van der Waals surface area contributed by atoms with Gasteiger partial charge in [-0.2, -0.15) is 0 Å². The predicted octanol–water partition coefficient (Wildman–Crippen LogP) is 6.01. The van der Waals surface area contributed by atoms with Gasteiger partial charge in [0.05, 0.1) is 0 Å². The normalized spacial score (nSPS) is 14.1. The molecule has 0 aromatic heterocycles. The highest BCUT2D eigenvalue weighted by Gasteiger charge is 2.29. The first-order valence-corrected chi connectivity index (χ1v) is 9.71. The molecule has 0 saturated heterocycles. The smallest absolute Gasteiger partial charge is 0.411 e. The number of anilines is 1. The van der Waals surface area contributed by atoms with Crippen LogP contribution in [0.4, 0.5) is 10.5 Å². The summed E-state index contributed by atoms with van der Waals surface area (Å²) in [6.45, 7) is 0.327. The third-order valence-electron chi connectivity index (χ3n) is 5.61. The molecule has 0 fully saturated rings. The number of benzene rings is 3. The molecular weight excluding hydrogens is 346 g/mol. The highest BCUT2D eigenvalue weighted by Crippen LogP contribution is 2.44. The summed E-state index contributed by atoms with van der Waals surface area (Å²) in [6, 6.07) is 22.7. The molecule has 0 unspecified atom stereocenters. The Morgan fingerprint density at radius 1 is 0.964 bits per heavy atom. The zero-order chi connectivity index (χ0) is 18.9. The molecule has 0 spiro atoms. The van der Waals surface area contributed by atoms with Crippen molar-refractivity contribution >= 4 is 17.9 Å². The van der Waals surface area contributed by atoms with Crippen LogP contribution in [0, 0.1) is 0 Å². The first kappa shape index (κ1) is 16.8. The molecule has 28 heavy (non-hydrogen) atoms. The van der Waals surface area contributed by atoms with Gasteiger partial charge < -0.3 is 4.74 Å². The second kappa shape index (κ2) is 7.01. The maximum absolute atomic E-state index is 12.4. The van der Waals surface area contributed by atoms with Crippen LogP contribution in [0.3, 0.4) is 0 Å². The van der Waals surface area contributed by atoms with Crippen molar-refractivity contribution in [3.05, 3.63) is 95.1 Å². The molecule has 3 aromatic rings. The van der Waals surface area contributed by atoms with Gasteiger partial charge in [-0.15, -0.1) is 0 Å². The van der Waals surface area contributed by atoms with E-state index in [2.05, 4.69) is 53.9 Å². The Bertz CT molecular complexity index is 1040. The second-order valence-electron chi connectivity index (χ2n) is 7.31. The quantitative estimate of drug-likeness (QED) is 0.616. The fourth-order valence-electron chi connectivity index (χ4n) is 4.26. The number of ether oxygens (including phenoxy) is 1. The first-order chi connectivity index (χ1) is 13.8. The molecule has 2 aliphatic rings. The molecular formula is C25H21NO2. The summed E-state index contributed by atoms with van der Waals surface area (Å²) < 4.78 is 5.62. The number of hydrogen-bond donors (Lipinski definition) is 1. The molecule has 0 saturated carbocycles. The standard InChI is InChI=1S/C25H21NO2/c27-25(26-19-14-13-17-7-1-2-8-18(17)15-19)28-16-24-22-11-5-3-9-20(22)21-10-4-6-12-23(21)24/h1,3-7,9-15,24H,2,8,16H2,(H,26,27). The van der Waals surface area contributed by atoms with Crippen molar-refractivity contribution in [2.45, 2.75) is 18.8 Å². The molecule has 0 heterocycles. The molecule has 5 rings (SSSR count). The van der Waals surface area contributed by atoms with Crippen LogP contribution in [0.25, 0.3) is 17.2 Å². The van der Waals surface area contributed by atoms with Crippen LogP contribution in [-0.4, -0.2) is 12.7 Å². The number of carbonyl (C=O) groups excluding carboxylic acids is 1. The van der Waals surface area contributed by atoms with Gasteiger partial charge in [-0.3, -0.25) is 5.32 Å². The van der Waals surface area contributed by atoms with Crippen LogP contribution in [0.5, 0.6) is 0 Å². The number of amides is 1. The maximum Gasteiger partial charge on any atom is 0.411 e. The Hall–Kier alpha value is -3.33. The van der Waals surface area contributed by atoms with Crippen molar-refractivity contribution in [2.24, 2.45) is 0 Å². The van der Waals surface area contributed by atoms with Gasteiger partial charge in [0, 0.05) is 11.6 Å². The topological polar surface area (TPSA) is 38.3 Å². The van der Waals surface area contributed by atoms with Crippen LogP contribution in [0.15, 0.2) is 72.8 Å². The SMILES string of the molecule is O=C(Nc1ccc2c(c1)CCC=C2)OCC1c2ccccc2-c2ccccc21. The minimum atomic E-state index is -0.409. The lowest BCUT2D eigenvalue weighted by atomic mass is 9.97. The highest BCUT2D eigenvalue weighted by atomic mass is 16.5. The second-order valence-corrected chi connectivity index (χ2v) is 7.31. The van der Waals surface area contributed by atoms with Crippen molar-refractivity contribution in [3.63, 3.8) is 0 Å². The number of fused-ring (bicyclic) bond motifs is 4. The van der Waals surface area contributed by atoms with E-state index in [1.165, 1.54) is 33.4 Å². The fourth-order valence-corrected chi connectivity index (χ4v) is 4.26. The number of allylic oxidation sites excluding steroid dienone is 1. The van der Waals surface area contributed by atoms with Gasteiger partial charge in [0.2, 0.25) is 0 Å². The minimum Gasteiger partial charge on any atom is -0.448 e. The van der Waals surface area contributed by atoms with Gasteiger partial charge in [0.1, 0.15) is 6.61 Å². The molecule has 0 atom stereocenters. The van der Waals surface area contributed by atoms with E-state index >= 15 is 0 Å². The summed E-state index contributed by atoms with van der Waals surface area (Å²) in [5.41, 5.74) is 8.17. The van der Waals surface area contributed by atoms with Crippen molar-refractivity contribution in [3.8, 4) is 11.1 Å². The number of rotatable bonds is 3. The molecule has 3 heteroatoms. The van der Waals surface area contributed by atoms with Crippen LogP contribution in [-0.2, 0) is 11.2 Å². The molecule has 0 aliphatic heterocycles. The Labute approximate surface area is 164 Å². The summed E-state index contributed by atoms with van der Waals surface area (Å²) in [6.07, 6.45) is 5.96. The minimum absolute atomic E-state index is 0.0758. The molecule has 2 aliphatic carbocycles. The van der Waals surface area contributed by atoms with Crippen LogP contribution < -0.4 is 5.32 Å². The van der Waals surface area contributed by atoms with Crippen LogP contribution in [0.2, 0.25) is 0 Å². The molecule has 3 aromatic carbocycles. The van der Waals surface area contributed by atoms with Gasteiger partial charge in [0.25, 0.3) is 0 Å². The van der Waals surface area contributed by atoms with E-state index in [-0.39, 0.29) is 5.92 Å². The third kappa shape index (κ3) is 2.99. The average Bonchev–Trinajstić information content (AvgIpc) is 3.06. The first-order valence-electron chi connectivity index (χ1n) is 9.71. The largest absolute Gasteiger partial charge is 0.448 e. The van der Waals surface area contributed by atoms with Crippen LogP contribution in [0.1, 0.15) is 34.6 Å². The Morgan fingerprint density at radius 2 is 1.68 bits per heavy atom. The van der Waals surface area contributed by atoms with E-state index in [4.69, 9.17) is 4.74 Å². The van der Waals surface area contributed by atoms with E-state index in [1.807, 2.05) is 30.3 Å². The molecule has 0 radical (unpaired) electrons. The van der Waals surface area contributed by atoms with E-state index in [0.29, 0.717) is 6.61 Å². The van der Waals surface area contributed by atoms with Gasteiger partial charge in [-0.1, -0.05) is 66.7 Å². The van der Waals surface area contributed by atoms with Gasteiger partial charge >= 0.3 is 6.09 Å². The zero-order valence-corrected chi connectivity index (χ0v) is 15.5. The monoisotopic (exact) mass is 367 g/mol. The predicted molar refractivity (Wildman–Crippen MR) is 112 cm³/mol. The van der Waals surface area contributed by atoms with E-state index in [1.54, 1.807) is 0 Å². The lowest BCUT2D eigenvalue weighted by Gasteiger charge is -2.16. The summed E-state index contributed by atoms with van der Waals surface area (Å²) in [5.74, 6) is 0.0758. The Balaban J connectivity index is 1.30. The number of nitrogens with one attached hydrogen (secondary N) is 1. The van der Waals surface area contributed by atoms with Crippen molar-refractivity contribution in [2.75, 3.05) is 11.9 Å². The van der Waals surface area contributed by atoms with Gasteiger partial charge in [0.15, 0.2) is 0 Å². The lowest BCUT2D eigenvalue weighted by Crippen LogP contribution is -2.18. The molecule has 1 amide bonds. The van der Waals surface area contributed by atoms with E-state index < -0.39 is 6.09 Å². The summed E-state index contributed by atoms with van der Waals surface area (Å²) in [4.78, 5) is 12.4. The van der Waals surface area contributed by atoms with Crippen LogP contribution >= 0.6 is 0 Å². The zero-order valence-electron chi connectivity index (χ0n) is 15.5. The summed E-state index contributed by atoms with van der Waals surface area (Å²) in [7, 11) is 0. The molecule has 0 bridgehead atoms. The molecule has 138 valence electrons.